The Balaban J connectivity index is 2.01. The molecule has 0 unspecified atom stereocenters. The summed E-state index contributed by atoms with van der Waals surface area (Å²) in [6.45, 7) is 10.9. The van der Waals surface area contributed by atoms with E-state index in [-0.39, 0.29) is 24.1 Å². The summed E-state index contributed by atoms with van der Waals surface area (Å²) in [5.41, 5.74) is 0.215. The zero-order chi connectivity index (χ0) is 21.7. The van der Waals surface area contributed by atoms with E-state index in [9.17, 15) is 13.2 Å². The molecule has 30 heavy (non-hydrogen) atoms. The van der Waals surface area contributed by atoms with E-state index in [2.05, 4.69) is 35.4 Å². The smallest absolute Gasteiger partial charge is 0.368 e. The highest BCUT2D eigenvalue weighted by molar-refractivity contribution is 5.63. The van der Waals surface area contributed by atoms with Crippen LogP contribution in [0.4, 0.5) is 30.5 Å². The summed E-state index contributed by atoms with van der Waals surface area (Å²) in [6, 6.07) is 8.69. The second kappa shape index (κ2) is 8.73. The molecule has 0 aliphatic carbocycles. The lowest BCUT2D eigenvalue weighted by molar-refractivity contribution is -0.141. The van der Waals surface area contributed by atoms with E-state index in [1.165, 1.54) is 12.1 Å². The molecule has 0 atom stereocenters. The maximum absolute atomic E-state index is 13.0. The van der Waals surface area contributed by atoms with E-state index in [0.717, 1.165) is 6.07 Å². The van der Waals surface area contributed by atoms with Crippen LogP contribution in [0.3, 0.4) is 0 Å². The van der Waals surface area contributed by atoms with Crippen LogP contribution in [0.1, 0.15) is 25.2 Å². The molecule has 7 nitrogen and oxygen atoms in total. The van der Waals surface area contributed by atoms with Crippen molar-refractivity contribution in [1.29, 1.82) is 0 Å². The van der Waals surface area contributed by atoms with Crippen LogP contribution >= 0.6 is 0 Å². The SMILES string of the molecule is [C-]#[N+]Cc1cc(Nc2cc(NC(C)C)nc(-c3cccc(C(F)(F)F)n3)n2)ccn1. The van der Waals surface area contributed by atoms with Gasteiger partial charge in [-0.1, -0.05) is 6.07 Å². The van der Waals surface area contributed by atoms with Gasteiger partial charge in [0.15, 0.2) is 5.82 Å². The Bertz CT molecular complexity index is 1070. The Hall–Kier alpha value is -3.74. The molecule has 0 saturated carbocycles. The Morgan fingerprint density at radius 2 is 1.83 bits per heavy atom. The minimum atomic E-state index is -4.57. The predicted molar refractivity (Wildman–Crippen MR) is 107 cm³/mol. The van der Waals surface area contributed by atoms with Crippen LogP contribution in [-0.4, -0.2) is 26.0 Å². The Kier molecular flexibility index (Phi) is 6.11. The maximum atomic E-state index is 13.0. The molecular formula is C20H18F3N7. The largest absolute Gasteiger partial charge is 0.433 e. The fourth-order valence-corrected chi connectivity index (χ4v) is 2.58. The second-order valence-corrected chi connectivity index (χ2v) is 6.64. The van der Waals surface area contributed by atoms with Crippen molar-refractivity contribution < 1.29 is 13.2 Å². The highest BCUT2D eigenvalue weighted by Crippen LogP contribution is 2.29. The summed E-state index contributed by atoms with van der Waals surface area (Å²) in [7, 11) is 0. The maximum Gasteiger partial charge on any atom is 0.433 e. The summed E-state index contributed by atoms with van der Waals surface area (Å²) in [4.78, 5) is 19.7. The van der Waals surface area contributed by atoms with Gasteiger partial charge in [0.2, 0.25) is 0 Å². The third-order valence-corrected chi connectivity index (χ3v) is 3.76. The number of aromatic nitrogens is 4. The van der Waals surface area contributed by atoms with Crippen molar-refractivity contribution in [3.63, 3.8) is 0 Å². The topological polar surface area (TPSA) is 80.0 Å². The lowest BCUT2D eigenvalue weighted by Gasteiger charge is -2.14. The minimum absolute atomic E-state index is 0.00343. The first-order valence-corrected chi connectivity index (χ1v) is 9.00. The molecule has 0 aliphatic rings. The third-order valence-electron chi connectivity index (χ3n) is 3.76. The van der Waals surface area contributed by atoms with E-state index in [1.807, 2.05) is 13.8 Å². The number of nitrogens with zero attached hydrogens (tertiary/aromatic N) is 5. The summed E-state index contributed by atoms with van der Waals surface area (Å²) in [5.74, 6) is 0.846. The average molecular weight is 413 g/mol. The normalized spacial score (nSPS) is 11.2. The van der Waals surface area contributed by atoms with Gasteiger partial charge in [-0.15, -0.1) is 0 Å². The van der Waals surface area contributed by atoms with Gasteiger partial charge in [0.1, 0.15) is 28.7 Å². The number of hydrogen-bond acceptors (Lipinski definition) is 6. The lowest BCUT2D eigenvalue weighted by atomic mass is 10.2. The molecule has 0 radical (unpaired) electrons. The van der Waals surface area contributed by atoms with Crippen molar-refractivity contribution in [3.8, 4) is 11.5 Å². The fourth-order valence-electron chi connectivity index (χ4n) is 2.58. The van der Waals surface area contributed by atoms with Gasteiger partial charge in [-0.3, -0.25) is 4.98 Å². The molecule has 154 valence electrons. The Labute approximate surface area is 171 Å². The van der Waals surface area contributed by atoms with Crippen molar-refractivity contribution in [1.82, 2.24) is 19.9 Å². The quantitative estimate of drug-likeness (QED) is 0.558. The Morgan fingerprint density at radius 1 is 1.07 bits per heavy atom. The fraction of sp³-hybridized carbons (Fsp3) is 0.250. The molecule has 3 aromatic rings. The lowest BCUT2D eigenvalue weighted by Crippen LogP contribution is -2.13. The van der Waals surface area contributed by atoms with Crippen LogP contribution in [0.2, 0.25) is 0 Å². The first-order valence-electron chi connectivity index (χ1n) is 9.00. The molecule has 0 aliphatic heterocycles. The average Bonchev–Trinajstić information content (AvgIpc) is 2.67. The number of alkyl halides is 3. The van der Waals surface area contributed by atoms with E-state index >= 15 is 0 Å². The van der Waals surface area contributed by atoms with Crippen molar-refractivity contribution >= 4 is 17.3 Å². The number of hydrogen-bond donors (Lipinski definition) is 2. The van der Waals surface area contributed by atoms with E-state index in [4.69, 9.17) is 6.57 Å². The summed E-state index contributed by atoms with van der Waals surface area (Å²) < 4.78 is 39.1. The first-order chi connectivity index (χ1) is 14.2. The molecule has 10 heteroatoms. The highest BCUT2D eigenvalue weighted by atomic mass is 19.4. The minimum Gasteiger partial charge on any atom is -0.368 e. The number of anilines is 3. The van der Waals surface area contributed by atoms with Crippen LogP contribution in [-0.2, 0) is 12.7 Å². The molecule has 2 N–H and O–H groups in total. The summed E-state index contributed by atoms with van der Waals surface area (Å²) in [5, 5.41) is 6.21. The van der Waals surface area contributed by atoms with Crippen molar-refractivity contribution in [3.05, 3.63) is 65.4 Å². The molecule has 3 aromatic heterocycles. The van der Waals surface area contributed by atoms with Crippen LogP contribution in [0.25, 0.3) is 16.4 Å². The van der Waals surface area contributed by atoms with Gasteiger partial charge in [-0.05, 0) is 38.1 Å². The molecule has 3 heterocycles. The molecule has 0 spiro atoms. The van der Waals surface area contributed by atoms with Crippen LogP contribution in [0, 0.1) is 6.57 Å². The van der Waals surface area contributed by atoms with Gasteiger partial charge in [-0.2, -0.15) is 13.2 Å². The van der Waals surface area contributed by atoms with Gasteiger partial charge in [0.05, 0.1) is 0 Å². The highest BCUT2D eigenvalue weighted by Gasteiger charge is 2.32. The van der Waals surface area contributed by atoms with Crippen molar-refractivity contribution in [2.24, 2.45) is 0 Å². The first kappa shape index (κ1) is 21.0. The number of pyridine rings is 2. The zero-order valence-corrected chi connectivity index (χ0v) is 16.2. The van der Waals surface area contributed by atoms with Crippen molar-refractivity contribution in [2.45, 2.75) is 32.6 Å². The van der Waals surface area contributed by atoms with E-state index in [1.54, 1.807) is 24.4 Å². The monoisotopic (exact) mass is 413 g/mol. The Morgan fingerprint density at radius 3 is 2.53 bits per heavy atom. The van der Waals surface area contributed by atoms with Gasteiger partial charge < -0.3 is 15.5 Å². The number of nitrogens with one attached hydrogen (secondary N) is 2. The van der Waals surface area contributed by atoms with E-state index < -0.39 is 11.9 Å². The molecule has 3 rings (SSSR count). The van der Waals surface area contributed by atoms with Gasteiger partial charge in [0, 0.05) is 24.0 Å². The molecule has 0 fully saturated rings. The number of rotatable bonds is 6. The van der Waals surface area contributed by atoms with E-state index in [0.29, 0.717) is 23.0 Å². The summed E-state index contributed by atoms with van der Waals surface area (Å²) in [6.07, 6.45) is -3.01. The van der Waals surface area contributed by atoms with Crippen LogP contribution in [0.5, 0.6) is 0 Å². The molecular weight excluding hydrogens is 395 g/mol. The van der Waals surface area contributed by atoms with Crippen molar-refractivity contribution in [2.75, 3.05) is 10.6 Å². The van der Waals surface area contributed by atoms with Crippen LogP contribution < -0.4 is 10.6 Å². The van der Waals surface area contributed by atoms with Gasteiger partial charge >= 0.3 is 6.18 Å². The van der Waals surface area contributed by atoms with Crippen LogP contribution in [0.15, 0.2) is 42.6 Å². The molecule has 0 saturated heterocycles. The summed E-state index contributed by atoms with van der Waals surface area (Å²) >= 11 is 0. The molecule has 0 bridgehead atoms. The standard InChI is InChI=1S/C20H18F3N7/c1-12(2)26-17-10-18(27-13-7-8-25-14(9-13)11-24-3)30-19(29-17)15-5-4-6-16(28-15)20(21,22)23/h4-10,12H,11H2,1-2H3,(H2,25,26,27,29,30). The van der Waals surface area contributed by atoms with Gasteiger partial charge in [-0.25, -0.2) is 21.5 Å². The van der Waals surface area contributed by atoms with Gasteiger partial charge in [0.25, 0.3) is 6.54 Å². The second-order valence-electron chi connectivity index (χ2n) is 6.64. The zero-order valence-electron chi connectivity index (χ0n) is 16.2. The molecule has 0 aromatic carbocycles. The molecule has 0 amide bonds. The predicted octanol–water partition coefficient (Wildman–Crippen LogP) is 4.94. The number of halogens is 3. The third kappa shape index (κ3) is 5.41.